The van der Waals surface area contributed by atoms with Crippen LogP contribution in [-0.2, 0) is 6.42 Å². The Labute approximate surface area is 124 Å². The first-order valence-electron chi connectivity index (χ1n) is 5.68. The summed E-state index contributed by atoms with van der Waals surface area (Å²) in [4.78, 5) is 4.39. The predicted molar refractivity (Wildman–Crippen MR) is 81.4 cm³/mol. The molecule has 2 aromatic rings. The van der Waals surface area contributed by atoms with Crippen molar-refractivity contribution in [3.8, 4) is 0 Å². The summed E-state index contributed by atoms with van der Waals surface area (Å²) in [6, 6.07) is 10.1. The van der Waals surface area contributed by atoms with Crippen LogP contribution in [0, 0.1) is 6.92 Å². The maximum Gasteiger partial charge on any atom is 0.0451 e. The lowest BCUT2D eigenvalue weighted by molar-refractivity contribution is 0.702. The first-order valence-corrected chi connectivity index (χ1v) is 7.27. The molecule has 0 aliphatic carbocycles. The minimum atomic E-state index is -0.0487. The summed E-state index contributed by atoms with van der Waals surface area (Å²) in [5.74, 6) is 0. The number of benzene rings is 1. The van der Waals surface area contributed by atoms with Crippen LogP contribution in [0.25, 0.3) is 0 Å². The topological polar surface area (TPSA) is 38.9 Å². The van der Waals surface area contributed by atoms with E-state index >= 15 is 0 Å². The molecule has 2 rings (SSSR count). The van der Waals surface area contributed by atoms with Gasteiger partial charge in [0.15, 0.2) is 0 Å². The molecule has 18 heavy (non-hydrogen) atoms. The van der Waals surface area contributed by atoms with Crippen LogP contribution in [0.3, 0.4) is 0 Å². The second kappa shape index (κ2) is 5.95. The fourth-order valence-corrected chi connectivity index (χ4v) is 3.18. The Hall–Kier alpha value is -0.710. The third-order valence-electron chi connectivity index (χ3n) is 2.84. The van der Waals surface area contributed by atoms with Gasteiger partial charge < -0.3 is 5.73 Å². The van der Waals surface area contributed by atoms with Crippen molar-refractivity contribution in [2.45, 2.75) is 19.4 Å². The quantitative estimate of drug-likeness (QED) is 0.882. The predicted octanol–water partition coefficient (Wildman–Crippen LogP) is 4.16. The summed E-state index contributed by atoms with van der Waals surface area (Å²) in [6.07, 6.45) is 2.56. The number of pyridine rings is 1. The molecule has 0 radical (unpaired) electrons. The number of hydrogen-bond donors (Lipinski definition) is 1. The lowest BCUT2D eigenvalue weighted by atomic mass is 10.0. The van der Waals surface area contributed by atoms with Gasteiger partial charge in [-0.25, -0.2) is 0 Å². The van der Waals surface area contributed by atoms with Gasteiger partial charge in [0.1, 0.15) is 0 Å². The third kappa shape index (κ3) is 3.40. The summed E-state index contributed by atoms with van der Waals surface area (Å²) in [6.45, 7) is 2.06. The number of aromatic nitrogens is 1. The highest BCUT2D eigenvalue weighted by atomic mass is 79.9. The number of nitrogens with two attached hydrogens (primary N) is 1. The van der Waals surface area contributed by atoms with E-state index in [0.717, 1.165) is 26.6 Å². The van der Waals surface area contributed by atoms with Crippen LogP contribution in [0.15, 0.2) is 45.5 Å². The van der Waals surface area contributed by atoms with Crippen molar-refractivity contribution in [1.82, 2.24) is 4.98 Å². The van der Waals surface area contributed by atoms with Crippen LogP contribution in [0.1, 0.15) is 22.9 Å². The molecule has 0 aliphatic heterocycles. The smallest absolute Gasteiger partial charge is 0.0451 e. The molecule has 4 heteroatoms. The van der Waals surface area contributed by atoms with Gasteiger partial charge in [-0.1, -0.05) is 37.9 Å². The van der Waals surface area contributed by atoms with E-state index in [4.69, 9.17) is 5.73 Å². The number of nitrogens with zero attached hydrogens (tertiary/aromatic N) is 1. The Bertz CT molecular complexity index is 535. The Morgan fingerprint density at radius 3 is 2.50 bits per heavy atom. The van der Waals surface area contributed by atoms with Crippen molar-refractivity contribution in [3.05, 3.63) is 62.3 Å². The zero-order valence-electron chi connectivity index (χ0n) is 10.0. The highest BCUT2D eigenvalue weighted by Crippen LogP contribution is 2.25. The monoisotopic (exact) mass is 368 g/mol. The molecule has 1 aromatic heterocycles. The summed E-state index contributed by atoms with van der Waals surface area (Å²) in [5.41, 5.74) is 9.59. The molecule has 2 N–H and O–H groups in total. The minimum absolute atomic E-state index is 0.0487. The maximum absolute atomic E-state index is 6.25. The lowest BCUT2D eigenvalue weighted by Crippen LogP contribution is -2.15. The summed E-state index contributed by atoms with van der Waals surface area (Å²) < 4.78 is 2.06. The average molecular weight is 370 g/mol. The maximum atomic E-state index is 6.25. The Morgan fingerprint density at radius 2 is 1.89 bits per heavy atom. The first kappa shape index (κ1) is 13.7. The molecule has 2 nitrogen and oxygen atoms in total. The molecule has 0 amide bonds. The van der Waals surface area contributed by atoms with Crippen molar-refractivity contribution in [3.63, 3.8) is 0 Å². The van der Waals surface area contributed by atoms with Crippen molar-refractivity contribution >= 4 is 31.9 Å². The van der Waals surface area contributed by atoms with Gasteiger partial charge in [0, 0.05) is 33.3 Å². The van der Waals surface area contributed by atoms with Crippen molar-refractivity contribution in [2.75, 3.05) is 0 Å². The van der Waals surface area contributed by atoms with E-state index in [1.807, 2.05) is 30.5 Å². The Balaban J connectivity index is 2.22. The first-order chi connectivity index (χ1) is 8.56. The summed E-state index contributed by atoms with van der Waals surface area (Å²) in [5, 5.41) is 0. The molecule has 94 valence electrons. The van der Waals surface area contributed by atoms with Crippen molar-refractivity contribution < 1.29 is 0 Å². The zero-order valence-corrected chi connectivity index (χ0v) is 13.2. The molecule has 1 unspecified atom stereocenters. The molecule has 0 fully saturated rings. The van der Waals surface area contributed by atoms with Gasteiger partial charge in [0.2, 0.25) is 0 Å². The van der Waals surface area contributed by atoms with E-state index in [1.54, 1.807) is 0 Å². The lowest BCUT2D eigenvalue weighted by Gasteiger charge is -2.14. The van der Waals surface area contributed by atoms with Gasteiger partial charge in [0.05, 0.1) is 0 Å². The number of halogens is 2. The molecule has 1 heterocycles. The van der Waals surface area contributed by atoms with Gasteiger partial charge in [-0.2, -0.15) is 0 Å². The average Bonchev–Trinajstić information content (AvgIpc) is 2.31. The van der Waals surface area contributed by atoms with E-state index in [0.29, 0.717) is 0 Å². The molecule has 0 saturated carbocycles. The van der Waals surface area contributed by atoms with Crippen LogP contribution >= 0.6 is 31.9 Å². The summed E-state index contributed by atoms with van der Waals surface area (Å²) >= 11 is 6.96. The Kier molecular flexibility index (Phi) is 4.54. The third-order valence-corrected chi connectivity index (χ3v) is 3.76. The van der Waals surface area contributed by atoms with Gasteiger partial charge in [-0.05, 0) is 42.3 Å². The molecule has 1 atom stereocenters. The summed E-state index contributed by atoms with van der Waals surface area (Å²) in [7, 11) is 0. The fraction of sp³-hybridized carbons (Fsp3) is 0.214. The highest BCUT2D eigenvalue weighted by molar-refractivity contribution is 9.11. The van der Waals surface area contributed by atoms with Crippen molar-refractivity contribution in [1.29, 1.82) is 0 Å². The SMILES string of the molecule is Cc1cccnc1CC(N)c1cc(Br)cc(Br)c1. The molecule has 0 saturated heterocycles. The van der Waals surface area contributed by atoms with Gasteiger partial charge in [0.25, 0.3) is 0 Å². The molecule has 0 bridgehead atoms. The molecular weight excluding hydrogens is 356 g/mol. The van der Waals surface area contributed by atoms with E-state index in [2.05, 4.69) is 49.8 Å². The van der Waals surface area contributed by atoms with Gasteiger partial charge >= 0.3 is 0 Å². The minimum Gasteiger partial charge on any atom is -0.324 e. The van der Waals surface area contributed by atoms with Crippen LogP contribution in [0.5, 0.6) is 0 Å². The Morgan fingerprint density at radius 1 is 1.22 bits per heavy atom. The van der Waals surface area contributed by atoms with Crippen LogP contribution in [0.4, 0.5) is 0 Å². The van der Waals surface area contributed by atoms with E-state index in [-0.39, 0.29) is 6.04 Å². The van der Waals surface area contributed by atoms with Gasteiger partial charge in [-0.3, -0.25) is 4.98 Å². The number of aryl methyl sites for hydroxylation is 1. The molecular formula is C14H14Br2N2. The fourth-order valence-electron chi connectivity index (χ4n) is 1.85. The molecule has 0 aliphatic rings. The zero-order chi connectivity index (χ0) is 13.1. The van der Waals surface area contributed by atoms with Crippen molar-refractivity contribution in [2.24, 2.45) is 5.73 Å². The molecule has 1 aromatic carbocycles. The largest absolute Gasteiger partial charge is 0.324 e. The standard InChI is InChI=1S/C14H14Br2N2/c1-9-3-2-4-18-14(9)8-13(17)10-5-11(15)7-12(16)6-10/h2-7,13H,8,17H2,1H3. The highest BCUT2D eigenvalue weighted by Gasteiger charge is 2.11. The number of hydrogen-bond acceptors (Lipinski definition) is 2. The van der Waals surface area contributed by atoms with Crippen LogP contribution in [-0.4, -0.2) is 4.98 Å². The van der Waals surface area contributed by atoms with E-state index in [1.165, 1.54) is 5.56 Å². The second-order valence-corrected chi connectivity index (χ2v) is 6.11. The van der Waals surface area contributed by atoms with Gasteiger partial charge in [-0.15, -0.1) is 0 Å². The second-order valence-electron chi connectivity index (χ2n) is 4.28. The molecule has 0 spiro atoms. The van der Waals surface area contributed by atoms with E-state index in [9.17, 15) is 0 Å². The number of rotatable bonds is 3. The van der Waals surface area contributed by atoms with E-state index < -0.39 is 0 Å². The van der Waals surface area contributed by atoms with Crippen LogP contribution in [0.2, 0.25) is 0 Å². The van der Waals surface area contributed by atoms with Crippen LogP contribution < -0.4 is 5.73 Å². The normalized spacial score (nSPS) is 12.4.